The summed E-state index contributed by atoms with van der Waals surface area (Å²) in [5.74, 6) is 1.52. The van der Waals surface area contributed by atoms with Crippen LogP contribution in [0.15, 0.2) is 24.2 Å². The zero-order valence-electron chi connectivity index (χ0n) is 6.12. The first-order chi connectivity index (χ1) is 5.33. The number of aliphatic hydroxyl groups is 1. The van der Waals surface area contributed by atoms with Gasteiger partial charge >= 0.3 is 0 Å². The number of hydrogen-bond donors (Lipinski definition) is 1. The van der Waals surface area contributed by atoms with Crippen molar-refractivity contribution in [2.24, 2.45) is 0 Å². The van der Waals surface area contributed by atoms with Gasteiger partial charge < -0.3 is 14.6 Å². The van der Waals surface area contributed by atoms with Crippen LogP contribution in [0.2, 0.25) is 0 Å². The third kappa shape index (κ3) is 1.06. The van der Waals surface area contributed by atoms with Crippen LogP contribution in [-0.2, 0) is 9.47 Å². The molecule has 0 spiro atoms. The van der Waals surface area contributed by atoms with Crippen molar-refractivity contribution in [2.45, 2.75) is 18.6 Å². The molecule has 0 amide bonds. The number of ether oxygens (including phenoxy) is 2. The molecule has 2 aliphatic rings. The predicted octanol–water partition coefficient (Wildman–Crippen LogP) is 0.564. The first kappa shape index (κ1) is 6.88. The maximum atomic E-state index is 9.17. The Labute approximate surface area is 64.9 Å². The van der Waals surface area contributed by atoms with E-state index in [4.69, 9.17) is 9.47 Å². The van der Waals surface area contributed by atoms with Crippen molar-refractivity contribution >= 4 is 0 Å². The largest absolute Gasteiger partial charge is 0.453 e. The monoisotopic (exact) mass is 154 g/mol. The molecule has 2 atom stereocenters. The summed E-state index contributed by atoms with van der Waals surface area (Å²) >= 11 is 0. The van der Waals surface area contributed by atoms with Crippen LogP contribution in [0.3, 0.4) is 0 Å². The van der Waals surface area contributed by atoms with E-state index in [2.05, 4.69) is 6.58 Å². The van der Waals surface area contributed by atoms with Gasteiger partial charge in [0.05, 0.1) is 6.61 Å². The molecule has 0 unspecified atom stereocenters. The SMILES string of the molecule is C=CC[C@H]1OC[C@H](O)C2=C1O2. The van der Waals surface area contributed by atoms with Crippen LogP contribution in [0, 0.1) is 0 Å². The van der Waals surface area contributed by atoms with Crippen molar-refractivity contribution in [1.29, 1.82) is 0 Å². The lowest BCUT2D eigenvalue weighted by atomic mass is 10.1. The minimum atomic E-state index is -0.536. The first-order valence-corrected chi connectivity index (χ1v) is 3.65. The Hall–Kier alpha value is -0.800. The van der Waals surface area contributed by atoms with Crippen molar-refractivity contribution in [2.75, 3.05) is 6.61 Å². The van der Waals surface area contributed by atoms with Gasteiger partial charge in [0.25, 0.3) is 0 Å². The van der Waals surface area contributed by atoms with Gasteiger partial charge in [0.15, 0.2) is 11.5 Å². The summed E-state index contributed by atoms with van der Waals surface area (Å²) in [4.78, 5) is 0. The van der Waals surface area contributed by atoms with Crippen LogP contribution in [0.1, 0.15) is 6.42 Å². The number of rotatable bonds is 2. The highest BCUT2D eigenvalue weighted by atomic mass is 16.6. The molecule has 2 aliphatic heterocycles. The second-order valence-electron chi connectivity index (χ2n) is 2.69. The summed E-state index contributed by atoms with van der Waals surface area (Å²) in [7, 11) is 0. The van der Waals surface area contributed by atoms with Gasteiger partial charge in [0.2, 0.25) is 0 Å². The molecule has 0 aromatic heterocycles. The third-order valence-corrected chi connectivity index (χ3v) is 1.85. The highest BCUT2D eigenvalue weighted by molar-refractivity contribution is 5.28. The summed E-state index contributed by atoms with van der Waals surface area (Å²) in [6.07, 6.45) is 2.01. The summed E-state index contributed by atoms with van der Waals surface area (Å²) in [6, 6.07) is 0. The Balaban J connectivity index is 2.05. The van der Waals surface area contributed by atoms with E-state index in [1.165, 1.54) is 0 Å². The molecular formula is C8H10O3. The van der Waals surface area contributed by atoms with E-state index < -0.39 is 6.10 Å². The molecule has 0 radical (unpaired) electrons. The Morgan fingerprint density at radius 2 is 2.45 bits per heavy atom. The fraction of sp³-hybridized carbons (Fsp3) is 0.500. The topological polar surface area (TPSA) is 42.0 Å². The standard InChI is InChI=1S/C8H10O3/c1-2-3-6-8-7(11-8)5(9)4-10-6/h2,5-6,9H,1,3-4H2/t5-,6+/m0/s1. The fourth-order valence-corrected chi connectivity index (χ4v) is 1.23. The first-order valence-electron chi connectivity index (χ1n) is 3.65. The molecule has 2 rings (SSSR count). The Bertz CT molecular complexity index is 219. The lowest BCUT2D eigenvalue weighted by molar-refractivity contribution is 0.0167. The summed E-state index contributed by atoms with van der Waals surface area (Å²) in [5.41, 5.74) is 0. The zero-order valence-corrected chi connectivity index (χ0v) is 6.12. The molecule has 0 fully saturated rings. The third-order valence-electron chi connectivity index (χ3n) is 1.85. The normalized spacial score (nSPS) is 34.3. The quantitative estimate of drug-likeness (QED) is 0.591. The van der Waals surface area contributed by atoms with Gasteiger partial charge in [-0.25, -0.2) is 0 Å². The van der Waals surface area contributed by atoms with Crippen molar-refractivity contribution in [3.05, 3.63) is 24.2 Å². The Morgan fingerprint density at radius 3 is 3.18 bits per heavy atom. The van der Waals surface area contributed by atoms with Crippen LogP contribution < -0.4 is 0 Å². The van der Waals surface area contributed by atoms with Gasteiger partial charge in [-0.3, -0.25) is 0 Å². The summed E-state index contributed by atoms with van der Waals surface area (Å²) in [6.45, 7) is 3.95. The summed E-state index contributed by atoms with van der Waals surface area (Å²) in [5, 5.41) is 9.17. The minimum Gasteiger partial charge on any atom is -0.453 e. The highest BCUT2D eigenvalue weighted by Crippen LogP contribution is 2.38. The van der Waals surface area contributed by atoms with E-state index in [0.717, 1.165) is 12.2 Å². The Morgan fingerprint density at radius 1 is 1.64 bits per heavy atom. The molecule has 11 heavy (non-hydrogen) atoms. The molecule has 60 valence electrons. The van der Waals surface area contributed by atoms with Crippen molar-refractivity contribution in [3.63, 3.8) is 0 Å². The maximum Gasteiger partial charge on any atom is 0.176 e. The average molecular weight is 154 g/mol. The molecule has 0 aliphatic carbocycles. The van der Waals surface area contributed by atoms with Crippen LogP contribution >= 0.6 is 0 Å². The molecule has 0 aromatic rings. The molecule has 1 N–H and O–H groups in total. The van der Waals surface area contributed by atoms with E-state index in [0.29, 0.717) is 12.4 Å². The summed E-state index contributed by atoms with van der Waals surface area (Å²) < 4.78 is 10.3. The van der Waals surface area contributed by atoms with Gasteiger partial charge in [-0.05, 0) is 6.42 Å². The second-order valence-corrected chi connectivity index (χ2v) is 2.69. The smallest absolute Gasteiger partial charge is 0.176 e. The lowest BCUT2D eigenvalue weighted by Crippen LogP contribution is -2.23. The molecular weight excluding hydrogens is 144 g/mol. The van der Waals surface area contributed by atoms with Crippen molar-refractivity contribution in [1.82, 2.24) is 0 Å². The highest BCUT2D eigenvalue weighted by Gasteiger charge is 2.42. The maximum absolute atomic E-state index is 9.17. The van der Waals surface area contributed by atoms with Gasteiger partial charge in [0, 0.05) is 0 Å². The van der Waals surface area contributed by atoms with Gasteiger partial charge in [-0.2, -0.15) is 0 Å². The van der Waals surface area contributed by atoms with Crippen molar-refractivity contribution in [3.8, 4) is 0 Å². The molecule has 2 heterocycles. The van der Waals surface area contributed by atoms with E-state index in [-0.39, 0.29) is 6.10 Å². The molecule has 3 nitrogen and oxygen atoms in total. The Kier molecular flexibility index (Phi) is 1.47. The van der Waals surface area contributed by atoms with E-state index in [1.807, 2.05) is 0 Å². The fourth-order valence-electron chi connectivity index (χ4n) is 1.23. The minimum absolute atomic E-state index is 0.00546. The zero-order chi connectivity index (χ0) is 7.84. The number of aliphatic hydroxyl groups excluding tert-OH is 1. The average Bonchev–Trinajstić information content (AvgIpc) is 2.75. The molecule has 0 bridgehead atoms. The molecule has 0 saturated carbocycles. The van der Waals surface area contributed by atoms with E-state index >= 15 is 0 Å². The van der Waals surface area contributed by atoms with E-state index in [9.17, 15) is 5.11 Å². The molecule has 0 aromatic carbocycles. The van der Waals surface area contributed by atoms with Crippen LogP contribution in [0.4, 0.5) is 0 Å². The second kappa shape index (κ2) is 2.36. The van der Waals surface area contributed by atoms with Gasteiger partial charge in [-0.1, -0.05) is 6.08 Å². The van der Waals surface area contributed by atoms with Crippen molar-refractivity contribution < 1.29 is 14.6 Å². The van der Waals surface area contributed by atoms with Crippen LogP contribution in [-0.4, -0.2) is 23.9 Å². The predicted molar refractivity (Wildman–Crippen MR) is 38.7 cm³/mol. The lowest BCUT2D eigenvalue weighted by Gasteiger charge is -2.13. The molecule has 0 saturated heterocycles. The number of hydrogen-bond acceptors (Lipinski definition) is 3. The van der Waals surface area contributed by atoms with Gasteiger partial charge in [-0.15, -0.1) is 6.58 Å². The molecule has 3 heteroatoms. The van der Waals surface area contributed by atoms with Gasteiger partial charge in [0.1, 0.15) is 12.2 Å². The van der Waals surface area contributed by atoms with Crippen LogP contribution in [0.5, 0.6) is 0 Å². The van der Waals surface area contributed by atoms with Crippen LogP contribution in [0.25, 0.3) is 0 Å². The van der Waals surface area contributed by atoms with E-state index in [1.54, 1.807) is 6.08 Å².